The molecule has 3 rings (SSSR count). The fourth-order valence-electron chi connectivity index (χ4n) is 1.99. The van der Waals surface area contributed by atoms with Gasteiger partial charge in [-0.2, -0.15) is 0 Å². The number of esters is 1. The third-order valence-corrected chi connectivity index (χ3v) is 4.85. The van der Waals surface area contributed by atoms with Gasteiger partial charge in [0.25, 0.3) is 5.91 Å². The fraction of sp³-hybridized carbons (Fsp3) is 0.133. The summed E-state index contributed by atoms with van der Waals surface area (Å²) in [7, 11) is 0. The fourth-order valence-corrected chi connectivity index (χ4v) is 2.80. The number of hydrogen-bond acceptors (Lipinski definition) is 6. The second-order valence-electron chi connectivity index (χ2n) is 4.89. The van der Waals surface area contributed by atoms with Crippen molar-refractivity contribution in [1.29, 1.82) is 0 Å². The van der Waals surface area contributed by atoms with E-state index in [2.05, 4.69) is 10.3 Å². The first kappa shape index (κ1) is 18.8. The van der Waals surface area contributed by atoms with E-state index < -0.39 is 18.5 Å². The van der Waals surface area contributed by atoms with E-state index in [0.717, 1.165) is 0 Å². The van der Waals surface area contributed by atoms with Gasteiger partial charge in [0.05, 0.1) is 15.1 Å². The number of benzene rings is 1. The molecule has 0 bridgehead atoms. The van der Waals surface area contributed by atoms with Crippen LogP contribution >= 0.6 is 46.4 Å². The minimum absolute atomic E-state index is 0.0876. The van der Waals surface area contributed by atoms with Gasteiger partial charge in [0.2, 0.25) is 6.79 Å². The van der Waals surface area contributed by atoms with Crippen LogP contribution in [0.15, 0.2) is 18.2 Å². The predicted molar refractivity (Wildman–Crippen MR) is 95.8 cm³/mol. The zero-order chi connectivity index (χ0) is 18.8. The second-order valence-corrected chi connectivity index (χ2v) is 6.38. The van der Waals surface area contributed by atoms with Gasteiger partial charge in [0.15, 0.2) is 23.8 Å². The van der Waals surface area contributed by atoms with Crippen LogP contribution in [0.2, 0.25) is 20.2 Å². The Morgan fingerprint density at radius 2 is 1.81 bits per heavy atom. The average Bonchev–Trinajstić information content (AvgIpc) is 3.08. The summed E-state index contributed by atoms with van der Waals surface area (Å²) in [4.78, 5) is 27.7. The predicted octanol–water partition coefficient (Wildman–Crippen LogP) is 4.22. The number of rotatable bonds is 4. The summed E-state index contributed by atoms with van der Waals surface area (Å²) in [6, 6.07) is 4.84. The van der Waals surface area contributed by atoms with Crippen LogP contribution in [0.5, 0.6) is 11.5 Å². The first-order chi connectivity index (χ1) is 12.4. The number of ether oxygens (including phenoxy) is 3. The van der Waals surface area contributed by atoms with Crippen LogP contribution in [0.4, 0.5) is 5.69 Å². The molecule has 7 nitrogen and oxygen atoms in total. The van der Waals surface area contributed by atoms with Crippen molar-refractivity contribution in [2.24, 2.45) is 0 Å². The molecule has 0 fully saturated rings. The summed E-state index contributed by atoms with van der Waals surface area (Å²) in [6.07, 6.45) is 0. The van der Waals surface area contributed by atoms with Crippen molar-refractivity contribution in [2.75, 3.05) is 18.7 Å². The van der Waals surface area contributed by atoms with Gasteiger partial charge in [0.1, 0.15) is 5.15 Å². The second kappa shape index (κ2) is 7.75. The molecular weight excluding hydrogens is 430 g/mol. The highest BCUT2D eigenvalue weighted by Crippen LogP contribution is 2.36. The molecule has 136 valence electrons. The number of carbonyl (C=O) groups excluding carboxylic acids is 2. The highest BCUT2D eigenvalue weighted by molar-refractivity contribution is 6.52. The zero-order valence-electron chi connectivity index (χ0n) is 12.6. The van der Waals surface area contributed by atoms with Crippen LogP contribution in [-0.2, 0) is 9.53 Å². The lowest BCUT2D eigenvalue weighted by molar-refractivity contribution is -0.119. The van der Waals surface area contributed by atoms with Crippen molar-refractivity contribution >= 4 is 64.0 Å². The Morgan fingerprint density at radius 3 is 2.58 bits per heavy atom. The maximum absolute atomic E-state index is 12.0. The lowest BCUT2D eigenvalue weighted by Crippen LogP contribution is -2.21. The van der Waals surface area contributed by atoms with E-state index in [1.165, 1.54) is 0 Å². The molecule has 26 heavy (non-hydrogen) atoms. The normalized spacial score (nSPS) is 12.0. The van der Waals surface area contributed by atoms with Crippen LogP contribution in [0.3, 0.4) is 0 Å². The lowest BCUT2D eigenvalue weighted by atomic mass is 10.3. The maximum Gasteiger partial charge on any atom is 0.359 e. The smallest absolute Gasteiger partial charge is 0.359 e. The van der Waals surface area contributed by atoms with Gasteiger partial charge >= 0.3 is 5.97 Å². The Labute approximate surface area is 167 Å². The van der Waals surface area contributed by atoms with Crippen molar-refractivity contribution < 1.29 is 23.8 Å². The number of aromatic nitrogens is 1. The van der Waals surface area contributed by atoms with Crippen LogP contribution in [-0.4, -0.2) is 30.3 Å². The van der Waals surface area contributed by atoms with E-state index in [-0.39, 0.29) is 32.7 Å². The van der Waals surface area contributed by atoms with E-state index in [4.69, 9.17) is 60.6 Å². The maximum atomic E-state index is 12.0. The third kappa shape index (κ3) is 3.91. The number of halogens is 4. The molecule has 0 radical (unpaired) electrons. The monoisotopic (exact) mass is 436 g/mol. The number of pyridine rings is 1. The molecule has 0 saturated carbocycles. The quantitative estimate of drug-likeness (QED) is 0.569. The molecule has 0 atom stereocenters. The van der Waals surface area contributed by atoms with Gasteiger partial charge in [-0.25, -0.2) is 9.78 Å². The molecule has 2 aromatic rings. The molecule has 0 aliphatic carbocycles. The third-order valence-electron chi connectivity index (χ3n) is 3.17. The van der Waals surface area contributed by atoms with Crippen LogP contribution < -0.4 is 14.8 Å². The van der Waals surface area contributed by atoms with Gasteiger partial charge < -0.3 is 19.5 Å². The summed E-state index contributed by atoms with van der Waals surface area (Å²) in [5.74, 6) is -0.483. The number of carbonyl (C=O) groups is 2. The molecular formula is C15H8Cl4N2O5. The Hall–Kier alpha value is -1.93. The molecule has 1 aromatic heterocycles. The molecule has 1 amide bonds. The van der Waals surface area contributed by atoms with Crippen LogP contribution in [0, 0.1) is 0 Å². The molecule has 1 aliphatic rings. The zero-order valence-corrected chi connectivity index (χ0v) is 15.7. The van der Waals surface area contributed by atoms with E-state index in [1.807, 2.05) is 0 Å². The van der Waals surface area contributed by atoms with Crippen LogP contribution in [0.1, 0.15) is 10.5 Å². The highest BCUT2D eigenvalue weighted by atomic mass is 35.5. The molecule has 0 unspecified atom stereocenters. The van der Waals surface area contributed by atoms with E-state index >= 15 is 0 Å². The number of nitrogens with zero attached hydrogens (tertiary/aromatic N) is 1. The first-order valence-corrected chi connectivity index (χ1v) is 8.44. The molecule has 0 spiro atoms. The Balaban J connectivity index is 1.62. The number of anilines is 1. The lowest BCUT2D eigenvalue weighted by Gasteiger charge is -2.09. The van der Waals surface area contributed by atoms with Gasteiger partial charge in [-0.1, -0.05) is 46.4 Å². The Morgan fingerprint density at radius 1 is 1.08 bits per heavy atom. The summed E-state index contributed by atoms with van der Waals surface area (Å²) >= 11 is 23.3. The van der Waals surface area contributed by atoms with Gasteiger partial charge in [-0.3, -0.25) is 4.79 Å². The molecule has 1 aliphatic heterocycles. The number of fused-ring (bicyclic) bond motifs is 1. The Bertz CT molecular complexity index is 906. The van der Waals surface area contributed by atoms with Crippen molar-refractivity contribution in [1.82, 2.24) is 4.98 Å². The average molecular weight is 438 g/mol. The van der Waals surface area contributed by atoms with Crippen molar-refractivity contribution in [3.63, 3.8) is 0 Å². The van der Waals surface area contributed by atoms with Crippen molar-refractivity contribution in [3.05, 3.63) is 44.1 Å². The summed E-state index contributed by atoms with van der Waals surface area (Å²) in [5.41, 5.74) is 0.103. The van der Waals surface area contributed by atoms with Crippen LogP contribution in [0.25, 0.3) is 0 Å². The van der Waals surface area contributed by atoms with Gasteiger partial charge in [-0.15, -0.1) is 0 Å². The van der Waals surface area contributed by atoms with Crippen molar-refractivity contribution in [2.45, 2.75) is 0 Å². The summed E-state index contributed by atoms with van der Waals surface area (Å²) in [6.45, 7) is -0.465. The molecule has 2 heterocycles. The van der Waals surface area contributed by atoms with E-state index in [9.17, 15) is 9.59 Å². The number of hydrogen-bond donors (Lipinski definition) is 1. The molecule has 1 N–H and O–H groups in total. The molecule has 0 saturated heterocycles. The van der Waals surface area contributed by atoms with Gasteiger partial charge in [0, 0.05) is 11.8 Å². The topological polar surface area (TPSA) is 86.8 Å². The highest BCUT2D eigenvalue weighted by Gasteiger charge is 2.22. The first-order valence-electron chi connectivity index (χ1n) is 6.93. The minimum Gasteiger partial charge on any atom is -0.454 e. The van der Waals surface area contributed by atoms with Gasteiger partial charge in [-0.05, 0) is 12.1 Å². The largest absolute Gasteiger partial charge is 0.454 e. The Kier molecular flexibility index (Phi) is 5.62. The SMILES string of the molecule is O=C(COC(=O)c1nc(Cl)c(Cl)c(Cl)c1Cl)Nc1ccc2c(c1)OCO2. The number of amides is 1. The summed E-state index contributed by atoms with van der Waals surface area (Å²) < 4.78 is 15.2. The minimum atomic E-state index is -0.976. The molecule has 1 aromatic carbocycles. The van der Waals surface area contributed by atoms with Crippen molar-refractivity contribution in [3.8, 4) is 11.5 Å². The summed E-state index contributed by atoms with van der Waals surface area (Å²) in [5, 5.41) is 1.89. The number of nitrogens with one attached hydrogen (secondary N) is 1. The molecule has 11 heteroatoms. The van der Waals surface area contributed by atoms with E-state index in [1.54, 1.807) is 18.2 Å². The standard InChI is InChI=1S/C15H8Cl4N2O5/c16-10-11(17)13(21-14(19)12(10)18)15(23)24-4-9(22)20-6-1-2-7-8(3-6)26-5-25-7/h1-3H,4-5H2,(H,20,22). The van der Waals surface area contributed by atoms with E-state index in [0.29, 0.717) is 17.2 Å².